The largest absolute Gasteiger partial charge is 0.445 e. The lowest BCUT2D eigenvalue weighted by molar-refractivity contribution is -0.141. The molecule has 1 aliphatic carbocycles. The van der Waals surface area contributed by atoms with E-state index in [9.17, 15) is 29.1 Å². The number of alkyl carbamates (subject to hydrolysis) is 1. The zero-order valence-electron chi connectivity index (χ0n) is 27.2. The van der Waals surface area contributed by atoms with E-state index in [2.05, 4.69) is 16.0 Å². The highest BCUT2D eigenvalue weighted by atomic mass is 35.5. The van der Waals surface area contributed by atoms with Crippen LogP contribution >= 0.6 is 11.6 Å². The van der Waals surface area contributed by atoms with Crippen LogP contribution in [0.5, 0.6) is 0 Å². The molecule has 3 fully saturated rings. The van der Waals surface area contributed by atoms with E-state index in [1.54, 1.807) is 24.3 Å². The number of likely N-dealkylation sites (tertiary alicyclic amines) is 1. The summed E-state index contributed by atoms with van der Waals surface area (Å²) in [6.45, 7) is 5.89. The summed E-state index contributed by atoms with van der Waals surface area (Å²) in [5.41, 5.74) is -0.271. The number of carbonyl (C=O) groups is 5. The van der Waals surface area contributed by atoms with E-state index in [0.29, 0.717) is 49.4 Å². The second-order valence-corrected chi connectivity index (χ2v) is 14.7. The van der Waals surface area contributed by atoms with Crippen LogP contribution in [-0.2, 0) is 30.5 Å². The Kier molecular flexibility index (Phi) is 12.1. The molecule has 1 aromatic carbocycles. The molecule has 2 saturated heterocycles. The first kappa shape index (κ1) is 35.7. The normalized spacial score (nSPS) is 21.3. The first-order chi connectivity index (χ1) is 21.8. The predicted octanol–water partition coefficient (Wildman–Crippen LogP) is 3.88. The molecule has 1 unspecified atom stereocenters. The topological polar surface area (TPSA) is 154 Å². The maximum Gasteiger partial charge on any atom is 0.408 e. The van der Waals surface area contributed by atoms with Crippen LogP contribution < -0.4 is 16.0 Å². The third-order valence-electron chi connectivity index (χ3n) is 9.59. The molecule has 1 aromatic rings. The lowest BCUT2D eigenvalue weighted by atomic mass is 9.81. The fourth-order valence-electron chi connectivity index (χ4n) is 7.00. The van der Waals surface area contributed by atoms with Crippen molar-refractivity contribution < 1.29 is 33.8 Å². The molecule has 1 spiro atoms. The zero-order valence-corrected chi connectivity index (χ0v) is 28.0. The van der Waals surface area contributed by atoms with Crippen LogP contribution in [0, 0.1) is 17.3 Å². The Balaban J connectivity index is 1.39. The average molecular weight is 661 g/mol. The van der Waals surface area contributed by atoms with Crippen LogP contribution in [0.1, 0.15) is 90.5 Å². The second-order valence-electron chi connectivity index (χ2n) is 14.3. The zero-order chi connectivity index (χ0) is 33.5. The van der Waals surface area contributed by atoms with Crippen molar-refractivity contribution in [2.24, 2.45) is 17.3 Å². The minimum Gasteiger partial charge on any atom is -0.445 e. The highest BCUT2D eigenvalue weighted by Crippen LogP contribution is 2.37. The van der Waals surface area contributed by atoms with Gasteiger partial charge >= 0.3 is 6.09 Å². The number of ether oxygens (including phenoxy) is 1. The van der Waals surface area contributed by atoms with Crippen LogP contribution in [0.4, 0.5) is 4.79 Å². The number of piperidine rings is 1. The number of benzene rings is 1. The number of rotatable bonds is 11. The minimum atomic E-state index is -1.11. The lowest BCUT2D eigenvalue weighted by Crippen LogP contribution is -2.53. The molecular weight excluding hydrogens is 612 g/mol. The predicted molar refractivity (Wildman–Crippen MR) is 173 cm³/mol. The van der Waals surface area contributed by atoms with Gasteiger partial charge in [-0.15, -0.1) is 0 Å². The Morgan fingerprint density at radius 3 is 2.39 bits per heavy atom. The van der Waals surface area contributed by atoms with Gasteiger partial charge in [0.2, 0.25) is 17.7 Å². The lowest BCUT2D eigenvalue weighted by Gasteiger charge is -2.41. The number of hydrogen-bond donors (Lipinski definition) is 4. The van der Waals surface area contributed by atoms with Crippen molar-refractivity contribution in [1.29, 1.82) is 0 Å². The molecule has 3 aliphatic rings. The molecule has 3 atom stereocenters. The molecule has 0 radical (unpaired) electrons. The number of halogens is 1. The number of Topliss-reactive ketones (excluding diaryl/α,β-unsaturated/α-hetero) is 1. The van der Waals surface area contributed by atoms with Gasteiger partial charge < -0.3 is 30.7 Å². The monoisotopic (exact) mass is 660 g/mol. The van der Waals surface area contributed by atoms with Crippen molar-refractivity contribution in [2.75, 3.05) is 19.7 Å². The van der Waals surface area contributed by atoms with Crippen molar-refractivity contribution in [1.82, 2.24) is 20.9 Å². The molecule has 4 rings (SSSR count). The number of hydrogen-bond acceptors (Lipinski definition) is 7. The number of nitrogens with zero attached hydrogens (tertiary/aromatic N) is 1. The Morgan fingerprint density at radius 1 is 1.07 bits per heavy atom. The first-order valence-electron chi connectivity index (χ1n) is 16.5. The van der Waals surface area contributed by atoms with Gasteiger partial charge in [0, 0.05) is 35.0 Å². The van der Waals surface area contributed by atoms with Crippen molar-refractivity contribution >= 4 is 41.2 Å². The number of nitrogens with one attached hydrogen (secondary N) is 3. The third-order valence-corrected chi connectivity index (χ3v) is 9.82. The van der Waals surface area contributed by atoms with Crippen LogP contribution in [0.25, 0.3) is 0 Å². The van der Waals surface area contributed by atoms with Crippen LogP contribution in [0.15, 0.2) is 24.3 Å². The van der Waals surface area contributed by atoms with E-state index in [1.165, 1.54) is 0 Å². The summed E-state index contributed by atoms with van der Waals surface area (Å²) in [5, 5.41) is 18.8. The fourth-order valence-corrected chi connectivity index (χ4v) is 7.21. The minimum absolute atomic E-state index is 0.0265. The third kappa shape index (κ3) is 9.67. The highest BCUT2D eigenvalue weighted by molar-refractivity contribution is 6.30. The molecule has 1 saturated carbocycles. The molecule has 12 heteroatoms. The second kappa shape index (κ2) is 15.6. The number of aliphatic hydroxyl groups is 1. The van der Waals surface area contributed by atoms with E-state index in [4.69, 9.17) is 16.3 Å². The molecule has 4 amide bonds. The van der Waals surface area contributed by atoms with Gasteiger partial charge in [-0.25, -0.2) is 4.79 Å². The maximum atomic E-state index is 13.7. The number of aliphatic hydroxyl groups excluding tert-OH is 1. The van der Waals surface area contributed by atoms with Crippen LogP contribution in [-0.4, -0.2) is 76.9 Å². The standard InChI is InChI=1S/C34H49ClN4O7/c1-33(2,3)31(44)39-14-12-34(13-15-39)19-24(29(42)38-34)18-26(28(41)20-40)36-30(43)27(17-22-8-5-4-6-9-22)37-32(45)46-21-23-10-7-11-25(35)16-23/h7,10-11,16,22,24,26-27,40H,4-6,8-9,12-15,17-21H2,1-3H3,(H,36,43)(H,37,45)(H,38,42)/t24?,26-,27-/m0/s1. The van der Waals surface area contributed by atoms with Crippen LogP contribution in [0.2, 0.25) is 5.02 Å². The highest BCUT2D eigenvalue weighted by Gasteiger charge is 2.48. The number of ketones is 1. The van der Waals surface area contributed by atoms with E-state index in [1.807, 2.05) is 25.7 Å². The van der Waals surface area contributed by atoms with Gasteiger partial charge in [-0.05, 0) is 55.7 Å². The van der Waals surface area contributed by atoms with Gasteiger partial charge in [0.05, 0.1) is 6.04 Å². The van der Waals surface area contributed by atoms with Crippen molar-refractivity contribution in [3.05, 3.63) is 34.9 Å². The fraction of sp³-hybridized carbons (Fsp3) is 0.676. The molecule has 46 heavy (non-hydrogen) atoms. The molecule has 2 aliphatic heterocycles. The van der Waals surface area contributed by atoms with E-state index in [-0.39, 0.29) is 30.8 Å². The van der Waals surface area contributed by atoms with E-state index < -0.39 is 53.3 Å². The SMILES string of the molecule is CC(C)(C)C(=O)N1CCC2(CC1)CC(C[C@H](NC(=O)[C@H](CC1CCCCC1)NC(=O)OCc1cccc(Cl)c1)C(=O)CO)C(=O)N2. The first-order valence-corrected chi connectivity index (χ1v) is 16.9. The molecule has 2 heterocycles. The summed E-state index contributed by atoms with van der Waals surface area (Å²) in [5.74, 6) is -1.63. The molecule has 0 bridgehead atoms. The van der Waals surface area contributed by atoms with Gasteiger partial charge in [0.25, 0.3) is 0 Å². The molecule has 0 aromatic heterocycles. The van der Waals surface area contributed by atoms with Gasteiger partial charge in [-0.1, -0.05) is 76.6 Å². The maximum absolute atomic E-state index is 13.7. The van der Waals surface area contributed by atoms with Gasteiger partial charge in [0.1, 0.15) is 19.3 Å². The summed E-state index contributed by atoms with van der Waals surface area (Å²) in [4.78, 5) is 67.1. The van der Waals surface area contributed by atoms with E-state index >= 15 is 0 Å². The number of carbonyl (C=O) groups excluding carboxylic acids is 5. The molecule has 254 valence electrons. The van der Waals surface area contributed by atoms with Crippen molar-refractivity contribution in [2.45, 2.75) is 109 Å². The average Bonchev–Trinajstić information content (AvgIpc) is 3.32. The molecule has 4 N–H and O–H groups in total. The molecular formula is C34H49ClN4O7. The number of amides is 4. The van der Waals surface area contributed by atoms with Gasteiger partial charge in [0.15, 0.2) is 5.78 Å². The summed E-state index contributed by atoms with van der Waals surface area (Å²) < 4.78 is 5.38. The van der Waals surface area contributed by atoms with Crippen molar-refractivity contribution in [3.63, 3.8) is 0 Å². The van der Waals surface area contributed by atoms with E-state index in [0.717, 1.165) is 32.1 Å². The summed E-state index contributed by atoms with van der Waals surface area (Å²) in [6.07, 6.45) is 6.41. The van der Waals surface area contributed by atoms with Crippen molar-refractivity contribution in [3.8, 4) is 0 Å². The Bertz CT molecular complexity index is 1270. The smallest absolute Gasteiger partial charge is 0.408 e. The summed E-state index contributed by atoms with van der Waals surface area (Å²) in [6, 6.07) is 4.85. The van der Waals surface area contributed by atoms with Gasteiger partial charge in [-0.3, -0.25) is 19.2 Å². The molecule has 11 nitrogen and oxygen atoms in total. The van der Waals surface area contributed by atoms with Gasteiger partial charge in [-0.2, -0.15) is 0 Å². The quantitative estimate of drug-likeness (QED) is 0.281. The van der Waals surface area contributed by atoms with Crippen LogP contribution in [0.3, 0.4) is 0 Å². The Morgan fingerprint density at radius 2 is 1.76 bits per heavy atom. The summed E-state index contributed by atoms with van der Waals surface area (Å²) >= 11 is 6.03. The summed E-state index contributed by atoms with van der Waals surface area (Å²) in [7, 11) is 0. The Hall–Kier alpha value is -3.18. The Labute approximate surface area is 276 Å².